The van der Waals surface area contributed by atoms with Crippen molar-refractivity contribution in [2.24, 2.45) is 0 Å². The summed E-state index contributed by atoms with van der Waals surface area (Å²) in [7, 11) is 0. The number of pyridine rings is 1. The fourth-order valence-electron chi connectivity index (χ4n) is 2.61. The average molecular weight is 369 g/mol. The van der Waals surface area contributed by atoms with Crippen molar-refractivity contribution < 1.29 is 14.7 Å². The summed E-state index contributed by atoms with van der Waals surface area (Å²) >= 11 is 1.54. The summed E-state index contributed by atoms with van der Waals surface area (Å²) in [4.78, 5) is 28.3. The summed E-state index contributed by atoms with van der Waals surface area (Å²) in [6.07, 6.45) is 5.93. The lowest BCUT2D eigenvalue weighted by atomic mass is 10.2. The Morgan fingerprint density at radius 3 is 2.73 bits per heavy atom. The number of carbonyl (C=O) groups excluding carboxylic acids is 1. The minimum Gasteiger partial charge on any atom is -0.480 e. The molecule has 1 unspecified atom stereocenters. The number of aromatic nitrogens is 2. The second-order valence-corrected chi connectivity index (χ2v) is 6.80. The Labute approximate surface area is 155 Å². The monoisotopic (exact) mass is 369 g/mol. The van der Waals surface area contributed by atoms with E-state index in [0.29, 0.717) is 23.4 Å². The van der Waals surface area contributed by atoms with Gasteiger partial charge in [0.1, 0.15) is 11.7 Å². The van der Waals surface area contributed by atoms with Crippen LogP contribution in [0.25, 0.3) is 16.9 Å². The molecule has 0 radical (unpaired) electrons. The molecule has 1 amide bonds. The van der Waals surface area contributed by atoms with E-state index in [1.807, 2.05) is 47.2 Å². The molecule has 26 heavy (non-hydrogen) atoms. The molecule has 134 valence electrons. The predicted octanol–water partition coefficient (Wildman–Crippen LogP) is 2.94. The molecule has 2 aromatic heterocycles. The number of rotatable bonds is 7. The summed E-state index contributed by atoms with van der Waals surface area (Å²) in [5.41, 5.74) is 2.82. The van der Waals surface area contributed by atoms with E-state index in [4.69, 9.17) is 0 Å². The molecule has 7 heteroatoms. The number of carbonyl (C=O) groups is 2. The molecule has 3 aromatic rings. The first-order valence-corrected chi connectivity index (χ1v) is 9.54. The molecule has 0 saturated heterocycles. The van der Waals surface area contributed by atoms with Gasteiger partial charge in [-0.05, 0) is 30.6 Å². The van der Waals surface area contributed by atoms with Crippen molar-refractivity contribution in [1.29, 1.82) is 0 Å². The van der Waals surface area contributed by atoms with Crippen LogP contribution >= 0.6 is 11.8 Å². The van der Waals surface area contributed by atoms with Gasteiger partial charge in [-0.3, -0.25) is 4.79 Å². The van der Waals surface area contributed by atoms with E-state index in [0.717, 1.165) is 11.3 Å². The Morgan fingerprint density at radius 1 is 1.27 bits per heavy atom. The third kappa shape index (κ3) is 4.05. The van der Waals surface area contributed by atoms with E-state index < -0.39 is 17.9 Å². The number of hydrogen-bond donors (Lipinski definition) is 2. The number of fused-ring (bicyclic) bond motifs is 1. The second-order valence-electron chi connectivity index (χ2n) is 5.82. The zero-order valence-electron chi connectivity index (χ0n) is 14.3. The minimum absolute atomic E-state index is 0.381. The van der Waals surface area contributed by atoms with Gasteiger partial charge in [-0.2, -0.15) is 11.8 Å². The molecule has 2 heterocycles. The number of aliphatic carboxylic acids is 1. The number of benzene rings is 1. The van der Waals surface area contributed by atoms with Gasteiger partial charge in [0.25, 0.3) is 5.91 Å². The van der Waals surface area contributed by atoms with Crippen LogP contribution in [-0.2, 0) is 4.79 Å². The first kappa shape index (κ1) is 18.0. The van der Waals surface area contributed by atoms with Gasteiger partial charge in [0.05, 0.1) is 5.69 Å². The highest BCUT2D eigenvalue weighted by molar-refractivity contribution is 7.98. The first-order chi connectivity index (χ1) is 12.6. The van der Waals surface area contributed by atoms with Gasteiger partial charge in [0.2, 0.25) is 0 Å². The van der Waals surface area contributed by atoms with Gasteiger partial charge in [-0.15, -0.1) is 0 Å². The van der Waals surface area contributed by atoms with Gasteiger partial charge >= 0.3 is 5.97 Å². The predicted molar refractivity (Wildman–Crippen MR) is 103 cm³/mol. The van der Waals surface area contributed by atoms with E-state index in [-0.39, 0.29) is 0 Å². The zero-order valence-corrected chi connectivity index (χ0v) is 15.1. The number of carboxylic acid groups (broad SMARTS) is 1. The van der Waals surface area contributed by atoms with Crippen molar-refractivity contribution in [2.45, 2.75) is 12.5 Å². The molecule has 0 bridgehead atoms. The quantitative estimate of drug-likeness (QED) is 0.669. The first-order valence-electron chi connectivity index (χ1n) is 8.15. The number of carboxylic acids is 1. The fraction of sp³-hybridized carbons (Fsp3) is 0.211. The molecule has 1 aromatic carbocycles. The van der Waals surface area contributed by atoms with Gasteiger partial charge < -0.3 is 14.8 Å². The lowest BCUT2D eigenvalue weighted by Crippen LogP contribution is -2.41. The maximum Gasteiger partial charge on any atom is 0.326 e. The van der Waals surface area contributed by atoms with E-state index in [1.54, 1.807) is 30.1 Å². The minimum atomic E-state index is -1.03. The van der Waals surface area contributed by atoms with Crippen molar-refractivity contribution >= 4 is 29.3 Å². The Morgan fingerprint density at radius 2 is 2.04 bits per heavy atom. The molecule has 0 aliphatic carbocycles. The summed E-state index contributed by atoms with van der Waals surface area (Å²) in [5, 5.41) is 11.8. The maximum atomic E-state index is 12.4. The Bertz CT molecular complexity index is 924. The van der Waals surface area contributed by atoms with Crippen molar-refractivity contribution in [3.63, 3.8) is 0 Å². The smallest absolute Gasteiger partial charge is 0.326 e. The topological polar surface area (TPSA) is 83.7 Å². The molecule has 2 N–H and O–H groups in total. The maximum absolute atomic E-state index is 12.4. The van der Waals surface area contributed by atoms with Crippen LogP contribution in [0.3, 0.4) is 0 Å². The molecular formula is C19H19N3O3S. The fourth-order valence-corrected chi connectivity index (χ4v) is 3.08. The molecule has 0 aliphatic rings. The average Bonchev–Trinajstić information content (AvgIpc) is 3.08. The lowest BCUT2D eigenvalue weighted by Gasteiger charge is -2.13. The van der Waals surface area contributed by atoms with Gasteiger partial charge in [0, 0.05) is 23.5 Å². The summed E-state index contributed by atoms with van der Waals surface area (Å²) in [6, 6.07) is 12.2. The number of thioether (sulfide) groups is 1. The van der Waals surface area contributed by atoms with E-state index >= 15 is 0 Å². The number of hydrogen-bond acceptors (Lipinski definition) is 4. The largest absolute Gasteiger partial charge is 0.480 e. The van der Waals surface area contributed by atoms with Gasteiger partial charge in [-0.1, -0.05) is 30.3 Å². The highest BCUT2D eigenvalue weighted by Gasteiger charge is 2.20. The number of imidazole rings is 1. The molecule has 0 aliphatic heterocycles. The summed E-state index contributed by atoms with van der Waals surface area (Å²) in [5.74, 6) is -0.775. The lowest BCUT2D eigenvalue weighted by molar-refractivity contribution is -0.139. The Kier molecular flexibility index (Phi) is 5.58. The highest BCUT2D eigenvalue weighted by Crippen LogP contribution is 2.19. The Balaban J connectivity index is 1.82. The standard InChI is InChI=1S/C19H19N3O3S/c1-26-10-8-15(19(24)25)21-18(23)14-7-9-22-12-16(20-17(22)11-14)13-5-3-2-4-6-13/h2-7,9,11-12,15H,8,10H2,1H3,(H,21,23)(H,24,25). The van der Waals surface area contributed by atoms with Gasteiger partial charge in [0.15, 0.2) is 0 Å². The molecular weight excluding hydrogens is 350 g/mol. The van der Waals surface area contributed by atoms with Crippen molar-refractivity contribution in [2.75, 3.05) is 12.0 Å². The van der Waals surface area contributed by atoms with E-state index in [1.165, 1.54) is 0 Å². The van der Waals surface area contributed by atoms with Crippen LogP contribution in [0.5, 0.6) is 0 Å². The molecule has 0 fully saturated rings. The number of nitrogens with one attached hydrogen (secondary N) is 1. The second kappa shape index (κ2) is 8.05. The van der Waals surface area contributed by atoms with Crippen LogP contribution in [0.4, 0.5) is 0 Å². The summed E-state index contributed by atoms with van der Waals surface area (Å²) in [6.45, 7) is 0. The molecule has 6 nitrogen and oxygen atoms in total. The van der Waals surface area contributed by atoms with Gasteiger partial charge in [-0.25, -0.2) is 9.78 Å². The molecule has 3 rings (SSSR count). The molecule has 0 saturated carbocycles. The van der Waals surface area contributed by atoms with E-state index in [2.05, 4.69) is 10.3 Å². The highest BCUT2D eigenvalue weighted by atomic mass is 32.2. The zero-order chi connectivity index (χ0) is 18.5. The number of amides is 1. The van der Waals surface area contributed by atoms with Crippen LogP contribution in [0, 0.1) is 0 Å². The third-order valence-corrected chi connectivity index (χ3v) is 4.65. The SMILES string of the molecule is CSCCC(NC(=O)c1ccn2cc(-c3ccccc3)nc2c1)C(=O)O. The normalized spacial score (nSPS) is 12.0. The van der Waals surface area contributed by atoms with Crippen LogP contribution < -0.4 is 5.32 Å². The van der Waals surface area contributed by atoms with E-state index in [9.17, 15) is 14.7 Å². The van der Waals surface area contributed by atoms with Crippen molar-refractivity contribution in [3.05, 3.63) is 60.4 Å². The van der Waals surface area contributed by atoms with Crippen LogP contribution in [0.15, 0.2) is 54.9 Å². The summed E-state index contributed by atoms with van der Waals surface area (Å²) < 4.78 is 1.83. The van der Waals surface area contributed by atoms with Crippen molar-refractivity contribution in [3.8, 4) is 11.3 Å². The Hall–Kier alpha value is -2.80. The molecule has 0 spiro atoms. The van der Waals surface area contributed by atoms with Crippen LogP contribution in [0.1, 0.15) is 16.8 Å². The van der Waals surface area contributed by atoms with Crippen molar-refractivity contribution in [1.82, 2.24) is 14.7 Å². The third-order valence-electron chi connectivity index (χ3n) is 4.01. The van der Waals surface area contributed by atoms with Crippen LogP contribution in [0.2, 0.25) is 0 Å². The number of nitrogens with zero attached hydrogens (tertiary/aromatic N) is 2. The molecule has 1 atom stereocenters. The van der Waals surface area contributed by atoms with Crippen LogP contribution in [-0.4, -0.2) is 44.4 Å².